The second-order valence-corrected chi connectivity index (χ2v) is 7.24. The fraction of sp³-hybridized carbons (Fsp3) is 0.579. The van der Waals surface area contributed by atoms with E-state index >= 15 is 0 Å². The van der Waals surface area contributed by atoms with Crippen LogP contribution in [-0.2, 0) is 6.54 Å². The lowest BCUT2D eigenvalue weighted by Gasteiger charge is -2.46. The summed E-state index contributed by atoms with van der Waals surface area (Å²) in [5.74, 6) is 0. The summed E-state index contributed by atoms with van der Waals surface area (Å²) < 4.78 is 0. The minimum Gasteiger partial charge on any atom is -0.370 e. The Kier molecular flexibility index (Phi) is 4.65. The highest BCUT2D eigenvalue weighted by molar-refractivity contribution is 5.33. The molecule has 1 aliphatic rings. The molecule has 0 N–H and O–H groups in total. The highest BCUT2D eigenvalue weighted by Gasteiger charge is 2.28. The van der Waals surface area contributed by atoms with Crippen LogP contribution < -0.4 is 0 Å². The van der Waals surface area contributed by atoms with Crippen LogP contribution in [0.3, 0.4) is 0 Å². The Morgan fingerprint density at radius 1 is 1.10 bits per heavy atom. The van der Waals surface area contributed by atoms with Crippen molar-refractivity contribution in [3.63, 3.8) is 0 Å². The summed E-state index contributed by atoms with van der Waals surface area (Å²) >= 11 is 0. The predicted octanol–water partition coefficient (Wildman–Crippen LogP) is 4.47. The van der Waals surface area contributed by atoms with E-state index in [0.29, 0.717) is 6.04 Å². The molecule has 0 fully saturated rings. The molecular formula is C19H30N2. The van der Waals surface area contributed by atoms with Crippen LogP contribution >= 0.6 is 0 Å². The van der Waals surface area contributed by atoms with Gasteiger partial charge in [0.25, 0.3) is 0 Å². The highest BCUT2D eigenvalue weighted by Crippen LogP contribution is 2.25. The van der Waals surface area contributed by atoms with Crippen molar-refractivity contribution in [1.82, 2.24) is 9.80 Å². The number of hydrogen-bond acceptors (Lipinski definition) is 2. The maximum absolute atomic E-state index is 2.51. The van der Waals surface area contributed by atoms with Crippen molar-refractivity contribution in [1.29, 1.82) is 0 Å². The number of nitrogens with zero attached hydrogens (tertiary/aromatic N) is 2. The molecule has 0 amide bonds. The van der Waals surface area contributed by atoms with Crippen molar-refractivity contribution >= 4 is 0 Å². The zero-order valence-corrected chi connectivity index (χ0v) is 14.5. The van der Waals surface area contributed by atoms with Gasteiger partial charge in [0.05, 0.1) is 0 Å². The molecule has 0 aliphatic carbocycles. The molecule has 0 bridgehead atoms. The van der Waals surface area contributed by atoms with Crippen molar-refractivity contribution in [2.24, 2.45) is 0 Å². The lowest BCUT2D eigenvalue weighted by atomic mass is 9.99. The molecule has 116 valence electrons. The van der Waals surface area contributed by atoms with Gasteiger partial charge in [0, 0.05) is 37.1 Å². The molecule has 0 radical (unpaired) electrons. The Morgan fingerprint density at radius 2 is 1.71 bits per heavy atom. The van der Waals surface area contributed by atoms with Gasteiger partial charge in [-0.25, -0.2) is 0 Å². The van der Waals surface area contributed by atoms with Gasteiger partial charge in [0.15, 0.2) is 0 Å². The molecule has 0 saturated heterocycles. The highest BCUT2D eigenvalue weighted by atomic mass is 15.3. The van der Waals surface area contributed by atoms with Gasteiger partial charge >= 0.3 is 0 Å². The van der Waals surface area contributed by atoms with Crippen molar-refractivity contribution in [3.05, 3.63) is 47.3 Å². The summed E-state index contributed by atoms with van der Waals surface area (Å²) in [4.78, 5) is 4.97. The van der Waals surface area contributed by atoms with Crippen molar-refractivity contribution in [2.45, 2.75) is 66.1 Å². The Morgan fingerprint density at radius 3 is 2.24 bits per heavy atom. The largest absolute Gasteiger partial charge is 0.370 e. The maximum atomic E-state index is 2.51. The van der Waals surface area contributed by atoms with Crippen LogP contribution in [0.15, 0.2) is 30.6 Å². The normalized spacial score (nSPS) is 19.2. The van der Waals surface area contributed by atoms with Gasteiger partial charge in [0.1, 0.15) is 0 Å². The average molecular weight is 286 g/mol. The molecule has 1 aromatic rings. The Labute approximate surface area is 130 Å². The van der Waals surface area contributed by atoms with E-state index in [0.717, 1.165) is 13.1 Å². The first-order valence-electron chi connectivity index (χ1n) is 8.09. The number of aryl methyl sites for hydroxylation is 2. The molecule has 0 saturated carbocycles. The lowest BCUT2D eigenvalue weighted by Crippen LogP contribution is -2.51. The number of rotatable bonds is 3. The molecule has 21 heavy (non-hydrogen) atoms. The van der Waals surface area contributed by atoms with Gasteiger partial charge in [-0.3, -0.25) is 0 Å². The van der Waals surface area contributed by atoms with E-state index in [-0.39, 0.29) is 5.54 Å². The zero-order valence-electron chi connectivity index (χ0n) is 14.5. The minimum absolute atomic E-state index is 0.196. The first kappa shape index (κ1) is 15.9. The fourth-order valence-corrected chi connectivity index (χ4v) is 3.22. The van der Waals surface area contributed by atoms with Crippen LogP contribution in [0, 0.1) is 13.8 Å². The van der Waals surface area contributed by atoms with Crippen LogP contribution in [0.4, 0.5) is 0 Å². The van der Waals surface area contributed by atoms with Crippen LogP contribution in [-0.4, -0.2) is 27.9 Å². The summed E-state index contributed by atoms with van der Waals surface area (Å²) in [5.41, 5.74) is 4.47. The molecule has 0 aromatic heterocycles. The molecule has 0 spiro atoms. The van der Waals surface area contributed by atoms with E-state index in [2.05, 4.69) is 81.9 Å². The van der Waals surface area contributed by atoms with Crippen LogP contribution in [0.5, 0.6) is 0 Å². The third kappa shape index (κ3) is 3.61. The van der Waals surface area contributed by atoms with Gasteiger partial charge in [-0.1, -0.05) is 25.1 Å². The zero-order chi connectivity index (χ0) is 15.6. The third-order valence-corrected chi connectivity index (χ3v) is 4.53. The lowest BCUT2D eigenvalue weighted by molar-refractivity contribution is 0.0948. The molecule has 1 aliphatic heterocycles. The van der Waals surface area contributed by atoms with E-state index in [4.69, 9.17) is 0 Å². The fourth-order valence-electron chi connectivity index (χ4n) is 3.22. The molecule has 1 heterocycles. The van der Waals surface area contributed by atoms with Crippen molar-refractivity contribution < 1.29 is 0 Å². The standard InChI is InChI=1S/C19H30N2/c1-7-17-13-20(11-12-21(17)19(4,5)6)14-18-15(2)9-8-10-16(18)3/h8-12,17H,7,13-14H2,1-6H3. The smallest absolute Gasteiger partial charge is 0.0462 e. The van der Waals surface area contributed by atoms with E-state index < -0.39 is 0 Å². The van der Waals surface area contributed by atoms with Crippen molar-refractivity contribution in [3.8, 4) is 0 Å². The first-order valence-corrected chi connectivity index (χ1v) is 8.09. The third-order valence-electron chi connectivity index (χ3n) is 4.53. The minimum atomic E-state index is 0.196. The molecule has 2 rings (SSSR count). The van der Waals surface area contributed by atoms with E-state index in [1.807, 2.05) is 0 Å². The summed E-state index contributed by atoms with van der Waals surface area (Å²) in [6.07, 6.45) is 5.74. The monoisotopic (exact) mass is 286 g/mol. The van der Waals surface area contributed by atoms with Gasteiger partial charge in [-0.05, 0) is 57.7 Å². The molecule has 1 atom stereocenters. The molecule has 1 aromatic carbocycles. The molecule has 1 unspecified atom stereocenters. The van der Waals surface area contributed by atoms with E-state index in [1.54, 1.807) is 0 Å². The summed E-state index contributed by atoms with van der Waals surface area (Å²) in [7, 11) is 0. The summed E-state index contributed by atoms with van der Waals surface area (Å²) in [5, 5.41) is 0. The first-order chi connectivity index (χ1) is 9.82. The Balaban J connectivity index is 2.17. The van der Waals surface area contributed by atoms with Crippen molar-refractivity contribution in [2.75, 3.05) is 6.54 Å². The summed E-state index contributed by atoms with van der Waals surface area (Å²) in [6.45, 7) is 15.7. The summed E-state index contributed by atoms with van der Waals surface area (Å²) in [6, 6.07) is 7.18. The average Bonchev–Trinajstić information content (AvgIpc) is 2.41. The molecule has 2 heteroatoms. The molecular weight excluding hydrogens is 256 g/mol. The quantitative estimate of drug-likeness (QED) is 0.809. The van der Waals surface area contributed by atoms with Gasteiger partial charge < -0.3 is 9.80 Å². The second-order valence-electron chi connectivity index (χ2n) is 7.24. The van der Waals surface area contributed by atoms with Gasteiger partial charge in [0.2, 0.25) is 0 Å². The number of hydrogen-bond donors (Lipinski definition) is 0. The number of benzene rings is 1. The van der Waals surface area contributed by atoms with Crippen LogP contribution in [0.25, 0.3) is 0 Å². The van der Waals surface area contributed by atoms with Gasteiger partial charge in [-0.15, -0.1) is 0 Å². The topological polar surface area (TPSA) is 6.48 Å². The van der Waals surface area contributed by atoms with E-state index in [1.165, 1.54) is 23.1 Å². The van der Waals surface area contributed by atoms with Crippen LogP contribution in [0.1, 0.15) is 50.8 Å². The van der Waals surface area contributed by atoms with Gasteiger partial charge in [-0.2, -0.15) is 0 Å². The Bertz CT molecular complexity index is 491. The Hall–Kier alpha value is -1.44. The SMILES string of the molecule is CCC1CN(Cc2c(C)cccc2C)C=CN1C(C)(C)C. The molecule has 2 nitrogen and oxygen atoms in total. The second kappa shape index (κ2) is 6.13. The maximum Gasteiger partial charge on any atom is 0.0462 e. The van der Waals surface area contributed by atoms with Crippen LogP contribution in [0.2, 0.25) is 0 Å². The predicted molar refractivity (Wildman–Crippen MR) is 91.1 cm³/mol. The van der Waals surface area contributed by atoms with E-state index in [9.17, 15) is 0 Å².